The molecule has 10 aromatic rings. The van der Waals surface area contributed by atoms with Gasteiger partial charge in [0.25, 0.3) is 0 Å². The fraction of sp³-hybridized carbons (Fsp3) is 0.578. The lowest BCUT2D eigenvalue weighted by Gasteiger charge is -2.32. The van der Waals surface area contributed by atoms with Gasteiger partial charge in [-0.2, -0.15) is 0 Å². The molecular formula is C90H124N2O4S6. The summed E-state index contributed by atoms with van der Waals surface area (Å²) in [5.74, 6) is 5.93. The standard InChI is InChI=1S/C90H124N2O4S6/c1-15-29-33-61(25-11)57-93-81-67-53-75(99-85(67)83(95-59-63(27-13)35-31-17-3)69-55-77(101-87(69)81)73-37-39-79(97-73)89(43-19-5,44-20-6)45-21-7)65-41-49-91-71(51-65)72-52-66(42-50-92-72)76-54-68-82(94-58-62(26-12)34-30-16-2)88-70(84(86(68)100-76)96-60-64(28-14)36-32-18-4)56-78(102-88)74-38-40-80(98-74)90(46-22-8,47-23-9)48-24-10/h37-42,49-56,61-64H,15-36,43-48,57-60H2,1-14H3. The van der Waals surface area contributed by atoms with Crippen LogP contribution in [-0.4, -0.2) is 36.4 Å². The first-order valence-electron chi connectivity index (χ1n) is 40.6. The summed E-state index contributed by atoms with van der Waals surface area (Å²) in [4.78, 5) is 21.0. The number of rotatable bonds is 47. The third kappa shape index (κ3) is 18.6. The van der Waals surface area contributed by atoms with Crippen LogP contribution in [0.3, 0.4) is 0 Å². The van der Waals surface area contributed by atoms with E-state index < -0.39 is 0 Å². The number of ether oxygens (including phenoxy) is 4. The Morgan fingerprint density at radius 3 is 0.843 bits per heavy atom. The number of unbranched alkanes of at least 4 members (excludes halogenated alkanes) is 4. The molecule has 0 amide bonds. The minimum absolute atomic E-state index is 0.229. The molecule has 4 atom stereocenters. The molecule has 10 rings (SSSR count). The van der Waals surface area contributed by atoms with Gasteiger partial charge in [0.05, 0.1) is 56.6 Å². The van der Waals surface area contributed by atoms with Gasteiger partial charge >= 0.3 is 0 Å². The van der Waals surface area contributed by atoms with E-state index in [1.807, 2.05) is 80.4 Å². The number of aromatic nitrogens is 2. The van der Waals surface area contributed by atoms with Crippen LogP contribution in [0, 0.1) is 23.7 Å². The highest BCUT2D eigenvalue weighted by Gasteiger charge is 2.35. The molecule has 6 nitrogen and oxygen atoms in total. The van der Waals surface area contributed by atoms with Crippen LogP contribution in [0.25, 0.3) is 92.1 Å². The molecule has 102 heavy (non-hydrogen) atoms. The molecule has 12 heteroatoms. The van der Waals surface area contributed by atoms with Crippen molar-refractivity contribution in [3.8, 4) is 74.8 Å². The number of hydrogen-bond donors (Lipinski definition) is 0. The number of pyridine rings is 2. The second-order valence-corrected chi connectivity index (χ2v) is 36.3. The van der Waals surface area contributed by atoms with Crippen LogP contribution in [0.15, 0.2) is 85.2 Å². The van der Waals surface area contributed by atoms with Crippen molar-refractivity contribution in [2.24, 2.45) is 23.7 Å². The quantitative estimate of drug-likeness (QED) is 0.0379. The normalized spacial score (nSPS) is 13.5. The molecule has 0 aliphatic rings. The topological polar surface area (TPSA) is 62.7 Å². The zero-order chi connectivity index (χ0) is 72.2. The molecule has 0 saturated heterocycles. The van der Waals surface area contributed by atoms with E-state index in [9.17, 15) is 0 Å². The molecule has 8 heterocycles. The van der Waals surface area contributed by atoms with Crippen LogP contribution in [0.4, 0.5) is 0 Å². The van der Waals surface area contributed by atoms with Gasteiger partial charge in [-0.05, 0) is 172 Å². The first-order chi connectivity index (χ1) is 49.9. The van der Waals surface area contributed by atoms with E-state index in [1.54, 1.807) is 9.75 Å². The van der Waals surface area contributed by atoms with Gasteiger partial charge in [-0.15, -0.1) is 68.0 Å². The maximum absolute atomic E-state index is 7.36. The largest absolute Gasteiger partial charge is 0.491 e. The summed E-state index contributed by atoms with van der Waals surface area (Å²) in [5.41, 5.74) is 4.36. The van der Waals surface area contributed by atoms with E-state index in [0.717, 1.165) is 91.4 Å². The molecule has 0 aliphatic heterocycles. The molecule has 0 radical (unpaired) electrons. The lowest BCUT2D eigenvalue weighted by Crippen LogP contribution is -2.24. The van der Waals surface area contributed by atoms with Crippen LogP contribution >= 0.6 is 68.0 Å². The summed E-state index contributed by atoms with van der Waals surface area (Å²) in [6.45, 7) is 35.5. The Morgan fingerprint density at radius 1 is 0.304 bits per heavy atom. The van der Waals surface area contributed by atoms with Gasteiger partial charge in [0.15, 0.2) is 0 Å². The Labute approximate surface area is 639 Å². The molecule has 2 aromatic carbocycles. The van der Waals surface area contributed by atoms with Gasteiger partial charge in [-0.25, -0.2) is 0 Å². The summed E-state index contributed by atoms with van der Waals surface area (Å²) in [5, 5.41) is 4.65. The van der Waals surface area contributed by atoms with Crippen LogP contribution < -0.4 is 18.9 Å². The van der Waals surface area contributed by atoms with Gasteiger partial charge < -0.3 is 18.9 Å². The molecule has 0 aliphatic carbocycles. The minimum Gasteiger partial charge on any atom is -0.491 e. The smallest absolute Gasteiger partial charge is 0.146 e. The molecule has 554 valence electrons. The van der Waals surface area contributed by atoms with Crippen molar-refractivity contribution in [2.45, 2.75) is 288 Å². The fourth-order valence-corrected chi connectivity index (χ4v) is 23.6. The lowest BCUT2D eigenvalue weighted by molar-refractivity contribution is 0.235. The third-order valence-corrected chi connectivity index (χ3v) is 29.9. The maximum Gasteiger partial charge on any atom is 0.146 e. The number of fused-ring (bicyclic) bond motifs is 4. The van der Waals surface area contributed by atoms with E-state index in [4.69, 9.17) is 28.9 Å². The molecule has 0 bridgehead atoms. The predicted molar refractivity (Wildman–Crippen MR) is 455 cm³/mol. The summed E-state index contributed by atoms with van der Waals surface area (Å²) < 4.78 is 34.2. The second-order valence-electron chi connectivity index (χ2n) is 29.9. The summed E-state index contributed by atoms with van der Waals surface area (Å²) in [7, 11) is 0. The van der Waals surface area contributed by atoms with Gasteiger partial charge in [0.2, 0.25) is 0 Å². The third-order valence-electron chi connectivity index (χ3n) is 22.2. The Morgan fingerprint density at radius 2 is 0.578 bits per heavy atom. The van der Waals surface area contributed by atoms with E-state index in [0.29, 0.717) is 50.1 Å². The number of nitrogens with zero attached hydrogens (tertiary/aromatic N) is 2. The van der Waals surface area contributed by atoms with Crippen molar-refractivity contribution in [1.29, 1.82) is 0 Å². The number of benzene rings is 2. The van der Waals surface area contributed by atoms with E-state index in [1.165, 1.54) is 204 Å². The zero-order valence-electron chi connectivity index (χ0n) is 65.0. The summed E-state index contributed by atoms with van der Waals surface area (Å²) in [6, 6.07) is 28.4. The SMILES string of the molecule is CCCCC(CC)COc1c2cc(-c3ccc(C(CCC)(CCC)CCC)s3)sc2c(OCC(CC)CCCC)c2cc(-c3ccnc(-c4cc(-c5cc6c(OCC(CC)CCCC)c7sc(-c8ccc(C(CCC)(CCC)CCC)s8)cc7c(OCC(CC)CCCC)c6s5)ccn4)c3)sc12. The lowest BCUT2D eigenvalue weighted by atomic mass is 9.74. The van der Waals surface area contributed by atoms with Gasteiger partial charge in [0.1, 0.15) is 23.0 Å². The van der Waals surface area contributed by atoms with E-state index in [-0.39, 0.29) is 10.8 Å². The summed E-state index contributed by atoms with van der Waals surface area (Å²) in [6.07, 6.45) is 37.2. The highest BCUT2D eigenvalue weighted by Crippen LogP contribution is 2.57. The highest BCUT2D eigenvalue weighted by molar-refractivity contribution is 7.28. The van der Waals surface area contributed by atoms with Crippen molar-refractivity contribution >= 4 is 108 Å². The number of thiophene rings is 6. The Hall–Kier alpha value is -4.82. The van der Waals surface area contributed by atoms with Gasteiger partial charge in [-0.3, -0.25) is 9.97 Å². The van der Waals surface area contributed by atoms with Crippen molar-refractivity contribution in [3.05, 3.63) is 94.9 Å². The average molecular weight is 1490 g/mol. The van der Waals surface area contributed by atoms with E-state index in [2.05, 4.69) is 170 Å². The molecule has 0 spiro atoms. The molecule has 4 unspecified atom stereocenters. The molecule has 0 N–H and O–H groups in total. The van der Waals surface area contributed by atoms with Crippen LogP contribution in [0.1, 0.15) is 286 Å². The second kappa shape index (κ2) is 39.2. The van der Waals surface area contributed by atoms with Crippen molar-refractivity contribution < 1.29 is 18.9 Å². The average Bonchev–Trinajstić information content (AvgIpc) is 1.58. The number of hydrogen-bond acceptors (Lipinski definition) is 12. The van der Waals surface area contributed by atoms with E-state index >= 15 is 0 Å². The first kappa shape index (κ1) is 79.7. The molecule has 8 aromatic heterocycles. The van der Waals surface area contributed by atoms with Crippen molar-refractivity contribution in [3.63, 3.8) is 0 Å². The Bertz CT molecular complexity index is 3740. The Balaban J connectivity index is 1.09. The minimum atomic E-state index is 0.229. The predicted octanol–water partition coefficient (Wildman–Crippen LogP) is 31.5. The first-order valence-corrected chi connectivity index (χ1v) is 45.5. The molecule has 0 saturated carbocycles. The zero-order valence-corrected chi connectivity index (χ0v) is 69.9. The van der Waals surface area contributed by atoms with Crippen molar-refractivity contribution in [2.75, 3.05) is 26.4 Å². The highest BCUT2D eigenvalue weighted by atomic mass is 32.1. The molecular weight excluding hydrogens is 1370 g/mol. The van der Waals surface area contributed by atoms with Crippen LogP contribution in [-0.2, 0) is 10.8 Å². The van der Waals surface area contributed by atoms with Gasteiger partial charge in [0, 0.05) is 83.8 Å². The molecule has 0 fully saturated rings. The maximum atomic E-state index is 7.36. The van der Waals surface area contributed by atoms with Crippen LogP contribution in [0.5, 0.6) is 23.0 Å². The van der Waals surface area contributed by atoms with Crippen LogP contribution in [0.2, 0.25) is 0 Å². The van der Waals surface area contributed by atoms with Crippen molar-refractivity contribution in [1.82, 2.24) is 9.97 Å². The monoisotopic (exact) mass is 1490 g/mol. The van der Waals surface area contributed by atoms with Gasteiger partial charge in [-0.1, -0.05) is 213 Å². The summed E-state index contributed by atoms with van der Waals surface area (Å²) >= 11 is 11.6. The Kier molecular flexibility index (Phi) is 30.6. The fourth-order valence-electron chi connectivity index (χ4n) is 16.2.